The maximum Gasteiger partial charge on any atom is 0.258 e. The molecule has 2 aromatic carbocycles. The third-order valence-electron chi connectivity index (χ3n) is 3.90. The van der Waals surface area contributed by atoms with Crippen molar-refractivity contribution in [2.24, 2.45) is 0 Å². The quantitative estimate of drug-likeness (QED) is 0.904. The summed E-state index contributed by atoms with van der Waals surface area (Å²) in [5.74, 6) is 0. The lowest BCUT2D eigenvalue weighted by Gasteiger charge is -2.34. The predicted molar refractivity (Wildman–Crippen MR) is 91.6 cm³/mol. The first-order chi connectivity index (χ1) is 9.75. The minimum absolute atomic E-state index is 0. The molecule has 6 heteroatoms. The van der Waals surface area contributed by atoms with Crippen LogP contribution in [0.5, 0.6) is 0 Å². The molecule has 1 heterocycles. The van der Waals surface area contributed by atoms with Crippen LogP contribution in [-0.2, 0) is 0 Å². The first-order valence-electron chi connectivity index (χ1n) is 6.97. The largest absolute Gasteiger partial charge is 0.314 e. The molecule has 1 saturated heterocycles. The van der Waals surface area contributed by atoms with E-state index in [0.717, 1.165) is 23.9 Å². The number of fused-ring (bicyclic) bond motifs is 1. The smallest absolute Gasteiger partial charge is 0.258 e. The Labute approximate surface area is 141 Å². The Hall–Kier alpha value is -0.940. The van der Waals surface area contributed by atoms with Crippen molar-refractivity contribution < 1.29 is 8.78 Å². The van der Waals surface area contributed by atoms with E-state index < -0.39 is 12.5 Å². The van der Waals surface area contributed by atoms with Crippen molar-refractivity contribution in [2.75, 3.05) is 26.2 Å². The fraction of sp³-hybridized carbons (Fsp3) is 0.375. The summed E-state index contributed by atoms with van der Waals surface area (Å²) in [5, 5.41) is 5.31. The van der Waals surface area contributed by atoms with Gasteiger partial charge in [0.25, 0.3) is 6.43 Å². The second kappa shape index (κ2) is 8.63. The Morgan fingerprint density at radius 3 is 2.18 bits per heavy atom. The van der Waals surface area contributed by atoms with E-state index >= 15 is 0 Å². The first-order valence-corrected chi connectivity index (χ1v) is 6.97. The number of rotatable bonds is 3. The lowest BCUT2D eigenvalue weighted by molar-refractivity contribution is 0.0182. The molecule has 1 N–H and O–H groups in total. The van der Waals surface area contributed by atoms with E-state index in [1.165, 1.54) is 0 Å². The summed E-state index contributed by atoms with van der Waals surface area (Å²) >= 11 is 0. The minimum atomic E-state index is -2.37. The van der Waals surface area contributed by atoms with E-state index in [0.29, 0.717) is 18.7 Å². The fourth-order valence-electron chi connectivity index (χ4n) is 2.87. The fourth-order valence-corrected chi connectivity index (χ4v) is 2.87. The molecule has 0 spiro atoms. The number of piperazine rings is 1. The minimum Gasteiger partial charge on any atom is -0.314 e. The molecule has 122 valence electrons. The molecule has 0 saturated carbocycles. The molecule has 2 nitrogen and oxygen atoms in total. The SMILES string of the molecule is Cl.Cl.FC(F)[C@@H](c1ccc2ccccc2c1)N1CCNCC1. The molecule has 1 aliphatic rings. The number of benzene rings is 2. The summed E-state index contributed by atoms with van der Waals surface area (Å²) < 4.78 is 27.0. The summed E-state index contributed by atoms with van der Waals surface area (Å²) in [5.41, 5.74) is 0.709. The van der Waals surface area contributed by atoms with Gasteiger partial charge in [-0.25, -0.2) is 8.78 Å². The van der Waals surface area contributed by atoms with Crippen molar-refractivity contribution in [3.05, 3.63) is 48.0 Å². The Kier molecular flexibility index (Phi) is 7.49. The van der Waals surface area contributed by atoms with Gasteiger partial charge < -0.3 is 5.32 Å². The molecule has 1 aliphatic heterocycles. The molecule has 2 aromatic rings. The van der Waals surface area contributed by atoms with Gasteiger partial charge in [-0.15, -0.1) is 24.8 Å². The first kappa shape index (κ1) is 19.1. The van der Waals surface area contributed by atoms with Gasteiger partial charge in [-0.05, 0) is 22.4 Å². The highest BCUT2D eigenvalue weighted by Crippen LogP contribution is 2.30. The zero-order valence-corrected chi connectivity index (χ0v) is 13.7. The van der Waals surface area contributed by atoms with Gasteiger partial charge in [-0.1, -0.05) is 36.4 Å². The van der Waals surface area contributed by atoms with Crippen LogP contribution in [-0.4, -0.2) is 37.5 Å². The van der Waals surface area contributed by atoms with Gasteiger partial charge in [0.05, 0.1) is 6.04 Å². The van der Waals surface area contributed by atoms with Crippen LogP contribution in [0.25, 0.3) is 10.8 Å². The normalized spacial score (nSPS) is 16.9. The zero-order valence-electron chi connectivity index (χ0n) is 12.0. The van der Waals surface area contributed by atoms with Crippen LogP contribution in [0.15, 0.2) is 42.5 Å². The summed E-state index contributed by atoms with van der Waals surface area (Å²) in [4.78, 5) is 1.88. The van der Waals surface area contributed by atoms with E-state index in [4.69, 9.17) is 0 Å². The van der Waals surface area contributed by atoms with E-state index in [9.17, 15) is 8.78 Å². The molecule has 0 bridgehead atoms. The standard InChI is InChI=1S/C16H18F2N2.2ClH/c17-16(18)15(20-9-7-19-8-10-20)14-6-5-12-3-1-2-4-13(12)11-14;;/h1-6,11,15-16,19H,7-10H2;2*1H/t15-;;/m1../s1. The molecule has 0 unspecified atom stereocenters. The van der Waals surface area contributed by atoms with Crippen molar-refractivity contribution >= 4 is 35.6 Å². The topological polar surface area (TPSA) is 15.3 Å². The van der Waals surface area contributed by atoms with Crippen molar-refractivity contribution in [2.45, 2.75) is 12.5 Å². The van der Waals surface area contributed by atoms with Gasteiger partial charge >= 0.3 is 0 Å². The zero-order chi connectivity index (χ0) is 13.9. The predicted octanol–water partition coefficient (Wildman–Crippen LogP) is 3.89. The van der Waals surface area contributed by atoms with Gasteiger partial charge in [-0.3, -0.25) is 4.90 Å². The van der Waals surface area contributed by atoms with Gasteiger partial charge in [-0.2, -0.15) is 0 Å². The Balaban J connectivity index is 0.00000121. The summed E-state index contributed by atoms with van der Waals surface area (Å²) in [7, 11) is 0. The molecule has 1 fully saturated rings. The molecule has 0 radical (unpaired) electrons. The van der Waals surface area contributed by atoms with E-state index in [-0.39, 0.29) is 24.8 Å². The van der Waals surface area contributed by atoms with Crippen LogP contribution in [0.1, 0.15) is 11.6 Å². The average molecular weight is 349 g/mol. The molecular formula is C16H20Cl2F2N2. The van der Waals surface area contributed by atoms with Crippen molar-refractivity contribution in [3.8, 4) is 0 Å². The molecular weight excluding hydrogens is 329 g/mol. The third-order valence-corrected chi connectivity index (χ3v) is 3.90. The van der Waals surface area contributed by atoms with Crippen LogP contribution in [0.2, 0.25) is 0 Å². The van der Waals surface area contributed by atoms with Gasteiger partial charge in [0.15, 0.2) is 0 Å². The highest BCUT2D eigenvalue weighted by atomic mass is 35.5. The van der Waals surface area contributed by atoms with Crippen molar-refractivity contribution in [1.82, 2.24) is 10.2 Å². The highest BCUT2D eigenvalue weighted by Gasteiger charge is 2.30. The Morgan fingerprint density at radius 1 is 0.909 bits per heavy atom. The third kappa shape index (κ3) is 4.07. The van der Waals surface area contributed by atoms with Crippen LogP contribution in [0.3, 0.4) is 0 Å². The summed E-state index contributed by atoms with van der Waals surface area (Å²) in [6.07, 6.45) is -2.37. The number of nitrogens with one attached hydrogen (secondary N) is 1. The second-order valence-corrected chi connectivity index (χ2v) is 5.17. The molecule has 0 amide bonds. The Morgan fingerprint density at radius 2 is 1.55 bits per heavy atom. The van der Waals surface area contributed by atoms with Gasteiger partial charge in [0.2, 0.25) is 0 Å². The second-order valence-electron chi connectivity index (χ2n) is 5.17. The lowest BCUT2D eigenvalue weighted by atomic mass is 10.0. The molecule has 22 heavy (non-hydrogen) atoms. The van der Waals surface area contributed by atoms with Crippen molar-refractivity contribution in [1.29, 1.82) is 0 Å². The molecule has 1 atom stereocenters. The molecule has 0 aromatic heterocycles. The van der Waals surface area contributed by atoms with Gasteiger partial charge in [0, 0.05) is 26.2 Å². The number of halogens is 4. The highest BCUT2D eigenvalue weighted by molar-refractivity contribution is 5.85. The molecule has 0 aliphatic carbocycles. The van der Waals surface area contributed by atoms with Gasteiger partial charge in [0.1, 0.15) is 0 Å². The summed E-state index contributed by atoms with van der Waals surface area (Å²) in [6, 6.07) is 12.7. The van der Waals surface area contributed by atoms with Crippen LogP contribution < -0.4 is 5.32 Å². The Bertz CT molecular complexity index is 589. The number of hydrogen-bond donors (Lipinski definition) is 1. The lowest BCUT2D eigenvalue weighted by Crippen LogP contribution is -2.46. The van der Waals surface area contributed by atoms with Crippen molar-refractivity contribution in [3.63, 3.8) is 0 Å². The molecule has 3 rings (SSSR count). The van der Waals surface area contributed by atoms with Crippen LogP contribution >= 0.6 is 24.8 Å². The number of hydrogen-bond acceptors (Lipinski definition) is 2. The maximum absolute atomic E-state index is 13.5. The van der Waals surface area contributed by atoms with E-state index in [1.54, 1.807) is 0 Å². The van der Waals surface area contributed by atoms with Crippen LogP contribution in [0, 0.1) is 0 Å². The van der Waals surface area contributed by atoms with E-state index in [1.807, 2.05) is 47.4 Å². The average Bonchev–Trinajstić information content (AvgIpc) is 2.48. The summed E-state index contributed by atoms with van der Waals surface area (Å²) in [6.45, 7) is 2.89. The van der Waals surface area contributed by atoms with E-state index in [2.05, 4.69) is 5.32 Å². The monoisotopic (exact) mass is 348 g/mol. The maximum atomic E-state index is 13.5. The van der Waals surface area contributed by atoms with Crippen LogP contribution in [0.4, 0.5) is 8.78 Å². The number of alkyl halides is 2. The number of nitrogens with zero attached hydrogens (tertiary/aromatic N) is 1.